The number of benzene rings is 1. The van der Waals surface area contributed by atoms with Crippen molar-refractivity contribution >= 4 is 52.1 Å². The Kier molecular flexibility index (Phi) is 6.62. The minimum Gasteiger partial charge on any atom is -0.477 e. The molecule has 32 heavy (non-hydrogen) atoms. The molecular formula is C18H18N6O5S3. The maximum Gasteiger partial charge on any atom is 0.352 e. The summed E-state index contributed by atoms with van der Waals surface area (Å²) in [5.74, 6) is -1.81. The van der Waals surface area contributed by atoms with Crippen LogP contribution in [0.3, 0.4) is 0 Å². The lowest BCUT2D eigenvalue weighted by molar-refractivity contribution is -0.150. The van der Waals surface area contributed by atoms with Gasteiger partial charge in [0.05, 0.1) is 10.8 Å². The van der Waals surface area contributed by atoms with Gasteiger partial charge in [0, 0.05) is 23.4 Å². The number of hydrogen-bond donors (Lipinski definition) is 2. The smallest absolute Gasteiger partial charge is 0.352 e. The number of carbonyl (C=O) groups is 3. The summed E-state index contributed by atoms with van der Waals surface area (Å²) in [5, 5.41) is 23.5. The summed E-state index contributed by atoms with van der Waals surface area (Å²) >= 11 is 2.65. The number of nitrogens with one attached hydrogen (secondary N) is 1. The summed E-state index contributed by atoms with van der Waals surface area (Å²) in [6.45, 7) is 0. The minimum absolute atomic E-state index is 0.0697. The molecule has 11 nitrogen and oxygen atoms in total. The summed E-state index contributed by atoms with van der Waals surface area (Å²) in [5.41, 5.74) is 0.509. The average Bonchev–Trinajstić information content (AvgIpc) is 3.20. The Morgan fingerprint density at radius 1 is 1.34 bits per heavy atom. The van der Waals surface area contributed by atoms with E-state index in [-0.39, 0.29) is 11.4 Å². The molecule has 168 valence electrons. The van der Waals surface area contributed by atoms with Crippen LogP contribution >= 0.6 is 23.5 Å². The van der Waals surface area contributed by atoms with Crippen LogP contribution in [-0.4, -0.2) is 80.9 Å². The van der Waals surface area contributed by atoms with Crippen molar-refractivity contribution in [2.75, 3.05) is 17.3 Å². The Hall–Kier alpha value is -2.71. The molecule has 2 unspecified atom stereocenters. The molecule has 1 saturated heterocycles. The number of nitrogens with zero attached hydrogens (tertiary/aromatic N) is 5. The van der Waals surface area contributed by atoms with Crippen LogP contribution in [0, 0.1) is 0 Å². The van der Waals surface area contributed by atoms with E-state index in [1.807, 2.05) is 0 Å². The van der Waals surface area contributed by atoms with Gasteiger partial charge in [-0.1, -0.05) is 30.0 Å². The van der Waals surface area contributed by atoms with E-state index in [9.17, 15) is 23.7 Å². The van der Waals surface area contributed by atoms with E-state index in [1.165, 1.54) is 33.1 Å². The van der Waals surface area contributed by atoms with E-state index < -0.39 is 40.0 Å². The minimum atomic E-state index is -1.54. The molecule has 2 aliphatic heterocycles. The number of carboxylic acids is 1. The molecule has 1 fully saturated rings. The highest BCUT2D eigenvalue weighted by Crippen LogP contribution is 2.41. The molecule has 3 atom stereocenters. The highest BCUT2D eigenvalue weighted by atomic mass is 32.2. The number of tetrazole rings is 1. The Morgan fingerprint density at radius 2 is 2.09 bits per heavy atom. The average molecular weight is 495 g/mol. The highest BCUT2D eigenvalue weighted by Gasteiger charge is 2.54. The van der Waals surface area contributed by atoms with E-state index in [2.05, 4.69) is 20.8 Å². The van der Waals surface area contributed by atoms with Crippen LogP contribution in [0.5, 0.6) is 0 Å². The van der Waals surface area contributed by atoms with E-state index in [0.717, 1.165) is 0 Å². The SMILES string of the molecule is Cn1nnnc1SCC1=C(C(=O)O)N2C(=O)C(NC(=O)CS(=O)c3ccccc3)[C@@H]2SC1. The van der Waals surface area contributed by atoms with Gasteiger partial charge in [-0.05, 0) is 28.1 Å². The number of thioether (sulfide) groups is 2. The number of aromatic nitrogens is 4. The van der Waals surface area contributed by atoms with Crippen LogP contribution in [0.2, 0.25) is 0 Å². The Bertz CT molecular complexity index is 1120. The van der Waals surface area contributed by atoms with E-state index in [4.69, 9.17) is 0 Å². The lowest BCUT2D eigenvalue weighted by Crippen LogP contribution is -2.70. The molecule has 3 heterocycles. The van der Waals surface area contributed by atoms with Crippen molar-refractivity contribution in [3.8, 4) is 0 Å². The Morgan fingerprint density at radius 3 is 2.75 bits per heavy atom. The van der Waals surface area contributed by atoms with Crippen LogP contribution < -0.4 is 5.32 Å². The van der Waals surface area contributed by atoms with Gasteiger partial charge in [0.2, 0.25) is 11.1 Å². The van der Waals surface area contributed by atoms with E-state index >= 15 is 0 Å². The number of rotatable bonds is 8. The molecule has 2 aliphatic rings. The molecule has 1 aromatic carbocycles. The zero-order valence-corrected chi connectivity index (χ0v) is 19.2. The first kappa shape index (κ1) is 22.5. The molecule has 0 aliphatic carbocycles. The maximum absolute atomic E-state index is 12.7. The van der Waals surface area contributed by atoms with Crippen molar-refractivity contribution in [3.05, 3.63) is 41.6 Å². The van der Waals surface area contributed by atoms with Crippen molar-refractivity contribution < 1.29 is 23.7 Å². The fourth-order valence-electron chi connectivity index (χ4n) is 3.28. The first-order chi connectivity index (χ1) is 15.4. The standard InChI is InChI=1S/C18H18N6O5S3/c1-23-18(20-21-22-23)31-8-10-7-30-16-13(15(26)24(16)14(10)17(27)28)19-12(25)9-32(29)11-5-3-2-4-6-11/h2-6,13,16H,7-9H2,1H3,(H,19,25)(H,27,28)/t13?,16-,32?/m0/s1. The summed E-state index contributed by atoms with van der Waals surface area (Å²) < 4.78 is 13.8. The second-order valence-corrected chi connectivity index (χ2v) is 10.4. The van der Waals surface area contributed by atoms with Gasteiger partial charge < -0.3 is 10.4 Å². The third-order valence-electron chi connectivity index (χ3n) is 4.79. The predicted molar refractivity (Wildman–Crippen MR) is 117 cm³/mol. The van der Waals surface area contributed by atoms with Gasteiger partial charge in [0.15, 0.2) is 0 Å². The number of carbonyl (C=O) groups excluding carboxylic acids is 2. The number of carboxylic acid groups (broad SMARTS) is 1. The van der Waals surface area contributed by atoms with Crippen molar-refractivity contribution in [2.45, 2.75) is 21.5 Å². The Labute approximate surface area is 193 Å². The number of amides is 2. The first-order valence-electron chi connectivity index (χ1n) is 9.34. The lowest BCUT2D eigenvalue weighted by atomic mass is 10.0. The van der Waals surface area contributed by atoms with Gasteiger partial charge in [-0.3, -0.25) is 18.7 Å². The number of hydrogen-bond acceptors (Lipinski definition) is 9. The van der Waals surface area contributed by atoms with Gasteiger partial charge in [0.1, 0.15) is 22.9 Å². The number of β-lactam (4-membered cyclic amide) rings is 1. The van der Waals surface area contributed by atoms with Crippen LogP contribution in [0.1, 0.15) is 0 Å². The third kappa shape index (κ3) is 4.42. The van der Waals surface area contributed by atoms with Crippen LogP contribution in [0.25, 0.3) is 0 Å². The van der Waals surface area contributed by atoms with E-state index in [0.29, 0.717) is 27.1 Å². The molecule has 0 saturated carbocycles. The van der Waals surface area contributed by atoms with Crippen molar-refractivity contribution in [1.29, 1.82) is 0 Å². The van der Waals surface area contributed by atoms with Gasteiger partial charge >= 0.3 is 5.97 Å². The maximum atomic E-state index is 12.7. The van der Waals surface area contributed by atoms with Crippen LogP contribution in [0.4, 0.5) is 0 Å². The number of aliphatic carboxylic acids is 1. The van der Waals surface area contributed by atoms with Crippen LogP contribution in [-0.2, 0) is 32.2 Å². The normalized spacial score (nSPS) is 21.0. The zero-order chi connectivity index (χ0) is 22.8. The largest absolute Gasteiger partial charge is 0.477 e. The van der Waals surface area contributed by atoms with Gasteiger partial charge in [-0.2, -0.15) is 0 Å². The fraction of sp³-hybridized carbons (Fsp3) is 0.333. The quantitative estimate of drug-likeness (QED) is 0.375. The summed E-state index contributed by atoms with van der Waals surface area (Å²) in [6, 6.07) is 7.72. The molecule has 0 bridgehead atoms. The van der Waals surface area contributed by atoms with Crippen LogP contribution in [0.15, 0.2) is 51.7 Å². The highest BCUT2D eigenvalue weighted by molar-refractivity contribution is 8.01. The molecule has 2 amide bonds. The van der Waals surface area contributed by atoms with E-state index in [1.54, 1.807) is 37.4 Å². The van der Waals surface area contributed by atoms with Crippen molar-refractivity contribution in [1.82, 2.24) is 30.4 Å². The molecule has 2 N–H and O–H groups in total. The lowest BCUT2D eigenvalue weighted by Gasteiger charge is -2.49. The third-order valence-corrected chi connectivity index (χ3v) is 8.55. The fourth-order valence-corrected chi connectivity index (χ4v) is 6.56. The first-order valence-corrected chi connectivity index (χ1v) is 12.7. The number of fused-ring (bicyclic) bond motifs is 1. The monoisotopic (exact) mass is 494 g/mol. The molecule has 0 radical (unpaired) electrons. The molecule has 4 rings (SSSR count). The molecule has 1 aromatic heterocycles. The van der Waals surface area contributed by atoms with Crippen molar-refractivity contribution in [3.63, 3.8) is 0 Å². The summed E-state index contributed by atoms with van der Waals surface area (Å²) in [6.07, 6.45) is 0. The van der Waals surface area contributed by atoms with Gasteiger partial charge in [-0.15, -0.1) is 16.9 Å². The molecule has 2 aromatic rings. The molecule has 14 heteroatoms. The molecular weight excluding hydrogens is 476 g/mol. The second-order valence-electron chi connectivity index (χ2n) is 6.89. The topological polar surface area (TPSA) is 147 Å². The summed E-state index contributed by atoms with van der Waals surface area (Å²) in [7, 11) is 0.142. The van der Waals surface area contributed by atoms with Gasteiger partial charge in [0.25, 0.3) is 5.91 Å². The zero-order valence-electron chi connectivity index (χ0n) is 16.7. The number of aryl methyl sites for hydroxylation is 1. The predicted octanol–water partition coefficient (Wildman–Crippen LogP) is -0.151. The molecule has 0 spiro atoms. The second kappa shape index (κ2) is 9.42. The Balaban J connectivity index is 1.41. The van der Waals surface area contributed by atoms with Gasteiger partial charge in [-0.25, -0.2) is 9.48 Å². The summed E-state index contributed by atoms with van der Waals surface area (Å²) in [4.78, 5) is 38.7. The van der Waals surface area contributed by atoms with Crippen molar-refractivity contribution in [2.24, 2.45) is 7.05 Å².